The van der Waals surface area contributed by atoms with Gasteiger partial charge in [0.15, 0.2) is 0 Å². The van der Waals surface area contributed by atoms with Gasteiger partial charge < -0.3 is 29.9 Å². The molecule has 6 nitrogen and oxygen atoms in total. The number of hydrogen-bond acceptors (Lipinski definition) is 6. The fraction of sp³-hybridized carbons (Fsp3) is 0.357. The zero-order chi connectivity index (χ0) is 24.3. The largest absolute Gasteiger partial charge is 0.393 e. The van der Waals surface area contributed by atoms with Gasteiger partial charge in [0, 0.05) is 0 Å². The van der Waals surface area contributed by atoms with E-state index in [-0.39, 0.29) is 19.3 Å². The summed E-state index contributed by atoms with van der Waals surface area (Å²) in [5, 5.41) is 37.6. The van der Waals surface area contributed by atoms with Crippen LogP contribution in [0, 0.1) is 0 Å². The van der Waals surface area contributed by atoms with Crippen molar-refractivity contribution in [2.45, 2.75) is 44.9 Å². The maximum Gasteiger partial charge on any atom is 0.106 e. The summed E-state index contributed by atoms with van der Waals surface area (Å²) >= 11 is 0. The highest BCUT2D eigenvalue weighted by Gasteiger charge is 2.14. The quantitative estimate of drug-likeness (QED) is 0.306. The van der Waals surface area contributed by atoms with E-state index < -0.39 is 12.2 Å². The summed E-state index contributed by atoms with van der Waals surface area (Å²) in [7, 11) is 0. The summed E-state index contributed by atoms with van der Waals surface area (Å²) in [5.41, 5.74) is 5.55. The van der Waals surface area contributed by atoms with E-state index in [4.69, 9.17) is 19.7 Å². The minimum Gasteiger partial charge on any atom is -0.393 e. The molecule has 0 aliphatic carbocycles. The van der Waals surface area contributed by atoms with Gasteiger partial charge in [0.05, 0.1) is 33.0 Å². The van der Waals surface area contributed by atoms with Crippen LogP contribution >= 0.6 is 0 Å². The average Bonchev–Trinajstić information content (AvgIpc) is 2.90. The number of aryl methyl sites for hydroxylation is 1. The van der Waals surface area contributed by atoms with Gasteiger partial charge >= 0.3 is 0 Å². The van der Waals surface area contributed by atoms with E-state index in [1.807, 2.05) is 24.3 Å². The van der Waals surface area contributed by atoms with Crippen molar-refractivity contribution in [1.29, 1.82) is 0 Å². The fourth-order valence-corrected chi connectivity index (χ4v) is 3.57. The number of aliphatic hydroxyl groups excluding tert-OH is 4. The normalized spacial score (nSPS) is 14.0. The zero-order valence-corrected chi connectivity index (χ0v) is 19.5. The van der Waals surface area contributed by atoms with Crippen molar-refractivity contribution in [3.63, 3.8) is 0 Å². The fourth-order valence-electron chi connectivity index (χ4n) is 3.57. The van der Waals surface area contributed by atoms with E-state index in [0.29, 0.717) is 30.9 Å². The predicted molar refractivity (Wildman–Crippen MR) is 130 cm³/mol. The van der Waals surface area contributed by atoms with Crippen LogP contribution in [-0.2, 0) is 29.1 Å². The van der Waals surface area contributed by atoms with Crippen LogP contribution in [0.4, 0.5) is 0 Å². The minimum absolute atomic E-state index is 0.260. The van der Waals surface area contributed by atoms with Crippen LogP contribution in [0.1, 0.15) is 58.6 Å². The summed E-state index contributed by atoms with van der Waals surface area (Å²) in [6.45, 7) is 2.65. The third-order valence-electron chi connectivity index (χ3n) is 5.82. The van der Waals surface area contributed by atoms with Gasteiger partial charge in [-0.2, -0.15) is 0 Å². The lowest BCUT2D eigenvalue weighted by atomic mass is 10.1. The molecule has 34 heavy (non-hydrogen) atoms. The second kappa shape index (κ2) is 13.3. The van der Waals surface area contributed by atoms with Gasteiger partial charge in [-0.1, -0.05) is 79.7 Å². The van der Waals surface area contributed by atoms with E-state index in [0.717, 1.165) is 23.1 Å². The molecule has 3 atom stereocenters. The first-order valence-corrected chi connectivity index (χ1v) is 11.6. The van der Waals surface area contributed by atoms with Crippen LogP contribution < -0.4 is 0 Å². The van der Waals surface area contributed by atoms with Crippen molar-refractivity contribution >= 4 is 0 Å². The van der Waals surface area contributed by atoms with Crippen molar-refractivity contribution in [2.75, 3.05) is 19.8 Å². The Balaban J connectivity index is 1.62. The van der Waals surface area contributed by atoms with Crippen LogP contribution in [0.3, 0.4) is 0 Å². The molecule has 0 spiro atoms. The van der Waals surface area contributed by atoms with E-state index in [2.05, 4.69) is 31.2 Å². The zero-order valence-electron chi connectivity index (χ0n) is 19.5. The smallest absolute Gasteiger partial charge is 0.106 e. The first-order chi connectivity index (χ1) is 16.5. The monoisotopic (exact) mass is 466 g/mol. The van der Waals surface area contributed by atoms with Crippen molar-refractivity contribution in [2.24, 2.45) is 0 Å². The predicted octanol–water partition coefficient (Wildman–Crippen LogP) is 3.78. The molecule has 182 valence electrons. The number of rotatable bonds is 13. The summed E-state index contributed by atoms with van der Waals surface area (Å²) in [5.74, 6) is 0. The van der Waals surface area contributed by atoms with Crippen LogP contribution in [0.2, 0.25) is 0 Å². The molecule has 0 saturated carbocycles. The topological polar surface area (TPSA) is 99.4 Å². The first-order valence-electron chi connectivity index (χ1n) is 11.6. The second-order valence-electron chi connectivity index (χ2n) is 8.29. The van der Waals surface area contributed by atoms with Crippen molar-refractivity contribution < 1.29 is 29.9 Å². The molecule has 0 aliphatic heterocycles. The maximum absolute atomic E-state index is 9.75. The van der Waals surface area contributed by atoms with Crippen LogP contribution in [0.5, 0.6) is 0 Å². The molecule has 0 saturated heterocycles. The highest BCUT2D eigenvalue weighted by atomic mass is 16.5. The van der Waals surface area contributed by atoms with Gasteiger partial charge in [-0.05, 0) is 39.8 Å². The van der Waals surface area contributed by atoms with Crippen LogP contribution in [0.25, 0.3) is 0 Å². The van der Waals surface area contributed by atoms with E-state index in [9.17, 15) is 10.2 Å². The molecule has 3 aromatic carbocycles. The molecular formula is C28H34O6. The van der Waals surface area contributed by atoms with Crippen molar-refractivity contribution in [3.8, 4) is 0 Å². The number of benzene rings is 3. The standard InChI is InChI=1S/C28H34O6/c1-2-20-3-13-25(14-4-20)28(34-18-22-7-11-24(12-8-22)27(32)16-30)19-33-17-21-5-9-23(10-6-21)26(31)15-29/h3-14,26-32H,2,15-19H2,1H3. The van der Waals surface area contributed by atoms with E-state index >= 15 is 0 Å². The third-order valence-corrected chi connectivity index (χ3v) is 5.82. The molecule has 0 aliphatic rings. The van der Waals surface area contributed by atoms with Gasteiger partial charge in [0.1, 0.15) is 18.3 Å². The SMILES string of the molecule is CCc1ccc(C(COCc2ccc(C(O)CO)cc2)OCc2ccc(C(O)CO)cc2)cc1. The molecule has 0 fully saturated rings. The maximum atomic E-state index is 9.75. The molecule has 3 rings (SSSR count). The Bertz CT molecular complexity index is 969. The van der Waals surface area contributed by atoms with Gasteiger partial charge in [-0.3, -0.25) is 0 Å². The Morgan fingerprint density at radius 1 is 0.618 bits per heavy atom. The number of hydrogen-bond donors (Lipinski definition) is 4. The molecule has 0 bridgehead atoms. The summed E-state index contributed by atoms with van der Waals surface area (Å²) in [4.78, 5) is 0. The number of ether oxygens (including phenoxy) is 2. The summed E-state index contributed by atoms with van der Waals surface area (Å²) in [6, 6.07) is 23.0. The van der Waals surface area contributed by atoms with Gasteiger partial charge in [0.25, 0.3) is 0 Å². The van der Waals surface area contributed by atoms with E-state index in [1.54, 1.807) is 24.3 Å². The van der Waals surface area contributed by atoms with Gasteiger partial charge in [0.2, 0.25) is 0 Å². The number of aliphatic hydroxyl groups is 4. The lowest BCUT2D eigenvalue weighted by Crippen LogP contribution is -2.12. The Morgan fingerprint density at radius 2 is 1.06 bits per heavy atom. The Hall–Kier alpha value is -2.58. The molecular weight excluding hydrogens is 432 g/mol. The average molecular weight is 467 g/mol. The van der Waals surface area contributed by atoms with Crippen molar-refractivity contribution in [1.82, 2.24) is 0 Å². The van der Waals surface area contributed by atoms with Gasteiger partial charge in [-0.25, -0.2) is 0 Å². The third kappa shape index (κ3) is 7.46. The molecule has 0 amide bonds. The van der Waals surface area contributed by atoms with E-state index in [1.165, 1.54) is 5.56 Å². The van der Waals surface area contributed by atoms with Crippen LogP contribution in [0.15, 0.2) is 72.8 Å². The van der Waals surface area contributed by atoms with Crippen molar-refractivity contribution in [3.05, 3.63) is 106 Å². The molecule has 0 radical (unpaired) electrons. The molecule has 0 heterocycles. The highest BCUT2D eigenvalue weighted by Crippen LogP contribution is 2.23. The molecule has 3 unspecified atom stereocenters. The lowest BCUT2D eigenvalue weighted by molar-refractivity contribution is -0.0314. The second-order valence-corrected chi connectivity index (χ2v) is 8.29. The first kappa shape index (κ1) is 26.0. The highest BCUT2D eigenvalue weighted by molar-refractivity contribution is 5.26. The molecule has 3 aromatic rings. The lowest BCUT2D eigenvalue weighted by Gasteiger charge is -2.20. The van der Waals surface area contributed by atoms with Crippen LogP contribution in [-0.4, -0.2) is 40.2 Å². The Labute approximate surface area is 201 Å². The summed E-state index contributed by atoms with van der Waals surface area (Å²) in [6.07, 6.45) is -1.05. The minimum atomic E-state index is -0.880. The van der Waals surface area contributed by atoms with Gasteiger partial charge in [-0.15, -0.1) is 0 Å². The molecule has 0 aromatic heterocycles. The Kier molecular flexibility index (Phi) is 10.2. The molecule has 4 N–H and O–H groups in total. The Morgan fingerprint density at radius 3 is 1.53 bits per heavy atom. The summed E-state index contributed by atoms with van der Waals surface area (Å²) < 4.78 is 12.2. The molecule has 6 heteroatoms.